The normalized spacial score (nSPS) is 13.5. The third-order valence-electron chi connectivity index (χ3n) is 11.5. The fourth-order valence-corrected chi connectivity index (χ4v) is 9.28. The Balaban J connectivity index is 1.33. The van der Waals surface area contributed by atoms with E-state index in [4.69, 9.17) is 0 Å². The summed E-state index contributed by atoms with van der Waals surface area (Å²) in [6.45, 7) is 4.79. The maximum absolute atomic E-state index is 2.52. The van der Waals surface area contributed by atoms with E-state index in [2.05, 4.69) is 193 Å². The summed E-state index contributed by atoms with van der Waals surface area (Å²) < 4.78 is 2.52. The topological polar surface area (TPSA) is 8.17 Å². The summed E-state index contributed by atoms with van der Waals surface area (Å²) in [5.74, 6) is 0. The predicted octanol–water partition coefficient (Wildman–Crippen LogP) is 13.5. The third-order valence-corrected chi connectivity index (χ3v) is 11.5. The quantitative estimate of drug-likeness (QED) is 0.172. The van der Waals surface area contributed by atoms with Crippen molar-refractivity contribution in [3.05, 3.63) is 181 Å². The molecular weight excluding hydrogens is 617 g/mol. The van der Waals surface area contributed by atoms with Gasteiger partial charge in [0, 0.05) is 49.7 Å². The molecule has 0 fully saturated rings. The largest absolute Gasteiger partial charge is 0.310 e. The lowest BCUT2D eigenvalue weighted by atomic mass is 9.67. The summed E-state index contributed by atoms with van der Waals surface area (Å²) in [6.07, 6.45) is 0. The molecule has 0 spiro atoms. The SMILES string of the molecule is CC1(C)c2ccccc2-c2cc3cccc4c3c3c2c1ccc3c1c4c2ccc(N(c3ccccc3)c3ccccc3)cc2n1-c1ccccc1. The first kappa shape index (κ1) is 28.5. The van der Waals surface area contributed by atoms with Crippen LogP contribution in [0.5, 0.6) is 0 Å². The molecule has 0 atom stereocenters. The minimum Gasteiger partial charge on any atom is -0.310 e. The average molecular weight is 651 g/mol. The molecular formula is C49H34N2. The van der Waals surface area contributed by atoms with Gasteiger partial charge in [0.05, 0.1) is 11.0 Å². The van der Waals surface area contributed by atoms with Crippen LogP contribution in [0.4, 0.5) is 17.1 Å². The number of aromatic nitrogens is 1. The monoisotopic (exact) mass is 650 g/mol. The zero-order valence-electron chi connectivity index (χ0n) is 28.6. The van der Waals surface area contributed by atoms with E-state index in [1.807, 2.05) is 0 Å². The molecule has 10 aromatic rings. The second-order valence-corrected chi connectivity index (χ2v) is 14.5. The Morgan fingerprint density at radius 3 is 1.84 bits per heavy atom. The number of anilines is 3. The molecule has 9 aromatic carbocycles. The highest BCUT2D eigenvalue weighted by atomic mass is 15.1. The van der Waals surface area contributed by atoms with Crippen molar-refractivity contribution in [1.82, 2.24) is 4.57 Å². The Hall–Kier alpha value is -6.38. The lowest BCUT2D eigenvalue weighted by Crippen LogP contribution is -2.23. The van der Waals surface area contributed by atoms with Gasteiger partial charge in [0.25, 0.3) is 0 Å². The van der Waals surface area contributed by atoms with Gasteiger partial charge in [-0.05, 0) is 98.4 Å². The molecule has 0 unspecified atom stereocenters. The molecule has 0 N–H and O–H groups in total. The minimum absolute atomic E-state index is 0.121. The van der Waals surface area contributed by atoms with Gasteiger partial charge in [-0.2, -0.15) is 0 Å². The molecule has 0 radical (unpaired) electrons. The van der Waals surface area contributed by atoms with Crippen molar-refractivity contribution in [2.75, 3.05) is 4.90 Å². The minimum atomic E-state index is -0.121. The number of hydrogen-bond donors (Lipinski definition) is 0. The van der Waals surface area contributed by atoms with E-state index < -0.39 is 0 Å². The van der Waals surface area contributed by atoms with E-state index >= 15 is 0 Å². The summed E-state index contributed by atoms with van der Waals surface area (Å²) in [7, 11) is 0. The average Bonchev–Trinajstić information content (AvgIpc) is 3.53. The second kappa shape index (κ2) is 10.3. The van der Waals surface area contributed by atoms with Gasteiger partial charge < -0.3 is 9.47 Å². The third kappa shape index (κ3) is 3.82. The Bertz CT molecular complexity index is 2930. The van der Waals surface area contributed by atoms with Crippen LogP contribution in [-0.2, 0) is 5.41 Å². The molecule has 1 aliphatic rings. The number of para-hydroxylation sites is 3. The van der Waals surface area contributed by atoms with E-state index in [9.17, 15) is 0 Å². The van der Waals surface area contributed by atoms with Crippen molar-refractivity contribution >= 4 is 71.2 Å². The van der Waals surface area contributed by atoms with Crippen molar-refractivity contribution in [3.63, 3.8) is 0 Å². The number of hydrogen-bond acceptors (Lipinski definition) is 1. The molecule has 1 heterocycles. The number of nitrogens with zero attached hydrogens (tertiary/aromatic N) is 2. The summed E-state index contributed by atoms with van der Waals surface area (Å²) in [5.41, 5.74) is 12.4. The predicted molar refractivity (Wildman–Crippen MR) is 217 cm³/mol. The van der Waals surface area contributed by atoms with Gasteiger partial charge in [0.2, 0.25) is 0 Å². The van der Waals surface area contributed by atoms with Crippen molar-refractivity contribution in [1.29, 1.82) is 0 Å². The van der Waals surface area contributed by atoms with E-state index in [1.54, 1.807) is 0 Å². The van der Waals surface area contributed by atoms with Crippen molar-refractivity contribution < 1.29 is 0 Å². The van der Waals surface area contributed by atoms with Crippen LogP contribution in [0.15, 0.2) is 170 Å². The first-order valence-corrected chi connectivity index (χ1v) is 17.9. The van der Waals surface area contributed by atoms with Crippen LogP contribution < -0.4 is 4.90 Å². The molecule has 2 nitrogen and oxygen atoms in total. The van der Waals surface area contributed by atoms with Gasteiger partial charge in [0.1, 0.15) is 0 Å². The number of benzene rings is 9. The Labute approximate surface area is 296 Å². The maximum Gasteiger partial charge on any atom is 0.0626 e. The number of rotatable bonds is 4. The van der Waals surface area contributed by atoms with Crippen LogP contribution >= 0.6 is 0 Å². The van der Waals surface area contributed by atoms with Crippen molar-refractivity contribution in [2.45, 2.75) is 19.3 Å². The van der Waals surface area contributed by atoms with Gasteiger partial charge in [-0.3, -0.25) is 0 Å². The van der Waals surface area contributed by atoms with Crippen LogP contribution in [0.2, 0.25) is 0 Å². The van der Waals surface area contributed by atoms with Crippen LogP contribution in [-0.4, -0.2) is 4.57 Å². The van der Waals surface area contributed by atoms with E-state index in [-0.39, 0.29) is 5.41 Å². The Morgan fingerprint density at radius 2 is 1.10 bits per heavy atom. The first-order chi connectivity index (χ1) is 25.1. The fourth-order valence-electron chi connectivity index (χ4n) is 9.28. The highest BCUT2D eigenvalue weighted by Crippen LogP contribution is 2.54. The lowest BCUT2D eigenvalue weighted by Gasteiger charge is -2.36. The zero-order valence-corrected chi connectivity index (χ0v) is 28.6. The summed E-state index contributed by atoms with van der Waals surface area (Å²) in [6, 6.07) is 62.6. The zero-order chi connectivity index (χ0) is 33.8. The molecule has 0 saturated carbocycles. The summed E-state index contributed by atoms with van der Waals surface area (Å²) in [5, 5.41) is 10.6. The van der Waals surface area contributed by atoms with Crippen LogP contribution in [0.25, 0.3) is 70.9 Å². The van der Waals surface area contributed by atoms with E-state index in [1.165, 1.54) is 76.4 Å². The molecule has 0 aliphatic heterocycles. The Morgan fingerprint density at radius 1 is 0.431 bits per heavy atom. The van der Waals surface area contributed by atoms with Crippen LogP contribution in [0.3, 0.4) is 0 Å². The van der Waals surface area contributed by atoms with Gasteiger partial charge in [-0.15, -0.1) is 0 Å². The number of fused-ring (bicyclic) bond motifs is 7. The summed E-state index contributed by atoms with van der Waals surface area (Å²) in [4.78, 5) is 2.36. The lowest BCUT2D eigenvalue weighted by molar-refractivity contribution is 0.645. The smallest absolute Gasteiger partial charge is 0.0626 e. The summed E-state index contributed by atoms with van der Waals surface area (Å²) >= 11 is 0. The fraction of sp³-hybridized carbons (Fsp3) is 0.0612. The molecule has 11 rings (SSSR count). The molecule has 1 aromatic heterocycles. The van der Waals surface area contributed by atoms with Crippen molar-refractivity contribution in [2.24, 2.45) is 0 Å². The molecule has 240 valence electrons. The second-order valence-electron chi connectivity index (χ2n) is 14.5. The van der Waals surface area contributed by atoms with E-state index in [0.29, 0.717) is 0 Å². The van der Waals surface area contributed by atoms with Crippen LogP contribution in [0.1, 0.15) is 25.0 Å². The van der Waals surface area contributed by atoms with Gasteiger partial charge >= 0.3 is 0 Å². The molecule has 51 heavy (non-hydrogen) atoms. The van der Waals surface area contributed by atoms with Crippen molar-refractivity contribution in [3.8, 4) is 16.8 Å². The molecule has 0 saturated heterocycles. The van der Waals surface area contributed by atoms with E-state index in [0.717, 1.165) is 22.7 Å². The standard InChI is InChI=1S/C49H34N2/c1-49(2)41-24-13-12-22-36(41)40-29-31-15-14-23-38-44(31)47-39(27-28-42(49)46(40)47)48-45(38)37-26-25-35(30-43(37)51(48)34-20-10-5-11-21-34)50(32-16-6-3-7-17-32)33-18-8-4-9-19-33/h3-30H,1-2H3. The highest BCUT2D eigenvalue weighted by molar-refractivity contribution is 6.39. The molecule has 1 aliphatic carbocycles. The van der Waals surface area contributed by atoms with Crippen LogP contribution in [0, 0.1) is 0 Å². The van der Waals surface area contributed by atoms with Gasteiger partial charge in [-0.25, -0.2) is 0 Å². The highest BCUT2D eigenvalue weighted by Gasteiger charge is 2.35. The van der Waals surface area contributed by atoms with Gasteiger partial charge in [-0.1, -0.05) is 129 Å². The first-order valence-electron chi connectivity index (χ1n) is 17.9. The molecule has 2 heteroatoms. The maximum atomic E-state index is 2.52. The molecule has 0 amide bonds. The molecule has 0 bridgehead atoms. The Kier molecular flexibility index (Phi) is 5.76. The van der Waals surface area contributed by atoms with Gasteiger partial charge in [0.15, 0.2) is 0 Å².